The van der Waals surface area contributed by atoms with Crippen LogP contribution < -0.4 is 10.1 Å². The first-order chi connectivity index (χ1) is 11.0. The van der Waals surface area contributed by atoms with Crippen LogP contribution in [0.15, 0.2) is 54.6 Å². The van der Waals surface area contributed by atoms with Crippen molar-refractivity contribution in [3.05, 3.63) is 65.2 Å². The molecule has 0 fully saturated rings. The molecule has 23 heavy (non-hydrogen) atoms. The molecule has 2 rings (SSSR count). The summed E-state index contributed by atoms with van der Waals surface area (Å²) >= 11 is 5.95. The van der Waals surface area contributed by atoms with Gasteiger partial charge in [0, 0.05) is 6.08 Å². The van der Waals surface area contributed by atoms with Crippen LogP contribution in [0.3, 0.4) is 0 Å². The van der Waals surface area contributed by atoms with Crippen molar-refractivity contribution in [2.45, 2.75) is 0 Å². The molecule has 6 heteroatoms. The zero-order valence-electron chi connectivity index (χ0n) is 12.0. The third-order valence-electron chi connectivity index (χ3n) is 2.82. The van der Waals surface area contributed by atoms with Gasteiger partial charge in [0.15, 0.2) is 6.61 Å². The molecular weight excluding hydrogens is 318 g/mol. The number of aliphatic carboxylic acids is 1. The lowest BCUT2D eigenvalue weighted by molar-refractivity contribution is -0.131. The Balaban J connectivity index is 1.87. The van der Waals surface area contributed by atoms with E-state index >= 15 is 0 Å². The van der Waals surface area contributed by atoms with E-state index in [2.05, 4.69) is 5.32 Å². The number of nitrogens with one attached hydrogen (secondary N) is 1. The first-order valence-electron chi connectivity index (χ1n) is 6.73. The summed E-state index contributed by atoms with van der Waals surface area (Å²) < 4.78 is 5.36. The molecule has 2 aromatic carbocycles. The summed E-state index contributed by atoms with van der Waals surface area (Å²) in [4.78, 5) is 22.2. The number of amides is 1. The maximum Gasteiger partial charge on any atom is 0.328 e. The highest BCUT2D eigenvalue weighted by atomic mass is 35.5. The Morgan fingerprint density at radius 2 is 1.83 bits per heavy atom. The smallest absolute Gasteiger partial charge is 0.328 e. The lowest BCUT2D eigenvalue weighted by Gasteiger charge is -2.08. The van der Waals surface area contributed by atoms with Gasteiger partial charge < -0.3 is 15.2 Å². The largest absolute Gasteiger partial charge is 0.484 e. The molecule has 0 heterocycles. The molecular formula is C17H14ClNO4. The first kappa shape index (κ1) is 16.6. The van der Waals surface area contributed by atoms with E-state index in [1.165, 1.54) is 6.08 Å². The number of ether oxygens (including phenoxy) is 1. The minimum atomic E-state index is -1.01. The van der Waals surface area contributed by atoms with E-state index in [-0.39, 0.29) is 12.5 Å². The third-order valence-corrected chi connectivity index (χ3v) is 3.15. The summed E-state index contributed by atoms with van der Waals surface area (Å²) in [5.41, 5.74) is 1.25. The standard InChI is InChI=1S/C17H14ClNO4/c18-14-3-1-2-4-15(14)19-16(20)11-23-13-8-5-12(6-9-13)7-10-17(21)22/h1-10H,11H2,(H,19,20)(H,21,22)/b10-7+. The van der Waals surface area contributed by atoms with E-state index < -0.39 is 5.97 Å². The first-order valence-corrected chi connectivity index (χ1v) is 7.10. The van der Waals surface area contributed by atoms with Crippen molar-refractivity contribution in [3.63, 3.8) is 0 Å². The van der Waals surface area contributed by atoms with Gasteiger partial charge in [0.1, 0.15) is 5.75 Å². The fourth-order valence-corrected chi connectivity index (χ4v) is 1.92. The van der Waals surface area contributed by atoms with Crippen molar-refractivity contribution < 1.29 is 19.4 Å². The number of benzene rings is 2. The fourth-order valence-electron chi connectivity index (χ4n) is 1.74. The lowest BCUT2D eigenvalue weighted by atomic mass is 10.2. The maximum absolute atomic E-state index is 11.8. The summed E-state index contributed by atoms with van der Waals surface area (Å²) in [6.45, 7) is -0.157. The molecule has 0 saturated heterocycles. The number of carbonyl (C=O) groups excluding carboxylic acids is 1. The highest BCUT2D eigenvalue weighted by Gasteiger charge is 2.06. The SMILES string of the molecule is O=C(O)/C=C/c1ccc(OCC(=O)Nc2ccccc2Cl)cc1. The average molecular weight is 332 g/mol. The molecule has 0 aliphatic heterocycles. The molecule has 0 radical (unpaired) electrons. The van der Waals surface area contributed by atoms with Crippen molar-refractivity contribution >= 4 is 35.2 Å². The van der Waals surface area contributed by atoms with Gasteiger partial charge in [-0.1, -0.05) is 35.9 Å². The number of hydrogen-bond acceptors (Lipinski definition) is 3. The summed E-state index contributed by atoms with van der Waals surface area (Å²) in [6, 6.07) is 13.6. The van der Waals surface area contributed by atoms with Crippen LogP contribution in [0.25, 0.3) is 6.08 Å². The molecule has 2 aromatic rings. The molecule has 1 amide bonds. The number of carbonyl (C=O) groups is 2. The number of carboxylic acid groups (broad SMARTS) is 1. The Morgan fingerprint density at radius 3 is 2.48 bits per heavy atom. The second-order valence-corrected chi connectivity index (χ2v) is 4.96. The minimum Gasteiger partial charge on any atom is -0.484 e. The van der Waals surface area contributed by atoms with Gasteiger partial charge in [-0.15, -0.1) is 0 Å². The van der Waals surface area contributed by atoms with Gasteiger partial charge in [0.05, 0.1) is 10.7 Å². The van der Waals surface area contributed by atoms with Crippen LogP contribution in [-0.4, -0.2) is 23.6 Å². The van der Waals surface area contributed by atoms with Gasteiger partial charge in [-0.2, -0.15) is 0 Å². The number of hydrogen-bond donors (Lipinski definition) is 2. The van der Waals surface area contributed by atoms with E-state index in [1.54, 1.807) is 48.5 Å². The predicted molar refractivity (Wildman–Crippen MR) is 88.7 cm³/mol. The molecule has 0 aliphatic rings. The zero-order valence-corrected chi connectivity index (χ0v) is 12.8. The number of rotatable bonds is 6. The summed E-state index contributed by atoms with van der Waals surface area (Å²) in [7, 11) is 0. The third kappa shape index (κ3) is 5.48. The summed E-state index contributed by atoms with van der Waals surface area (Å²) in [5.74, 6) is -0.832. The number of halogens is 1. The van der Waals surface area contributed by atoms with Gasteiger partial charge in [-0.3, -0.25) is 4.79 Å². The van der Waals surface area contributed by atoms with Crippen LogP contribution in [0.1, 0.15) is 5.56 Å². The van der Waals surface area contributed by atoms with E-state index in [9.17, 15) is 9.59 Å². The molecule has 0 spiro atoms. The maximum atomic E-state index is 11.8. The molecule has 0 atom stereocenters. The van der Waals surface area contributed by atoms with Gasteiger partial charge >= 0.3 is 5.97 Å². The minimum absolute atomic E-state index is 0.157. The Hall–Kier alpha value is -2.79. The monoisotopic (exact) mass is 331 g/mol. The Labute approximate surface area is 138 Å². The lowest BCUT2D eigenvalue weighted by Crippen LogP contribution is -2.20. The van der Waals surface area contributed by atoms with Crippen molar-refractivity contribution in [1.82, 2.24) is 0 Å². The quantitative estimate of drug-likeness (QED) is 0.795. The fraction of sp³-hybridized carbons (Fsp3) is 0.0588. The van der Waals surface area contributed by atoms with Gasteiger partial charge in [0.25, 0.3) is 5.91 Å². The Morgan fingerprint density at radius 1 is 1.13 bits per heavy atom. The van der Waals surface area contributed by atoms with E-state index in [1.807, 2.05) is 0 Å². The predicted octanol–water partition coefficient (Wildman–Crippen LogP) is 3.46. The number of para-hydroxylation sites is 1. The molecule has 0 aromatic heterocycles. The van der Waals surface area contributed by atoms with Crippen molar-refractivity contribution in [1.29, 1.82) is 0 Å². The van der Waals surface area contributed by atoms with Crippen LogP contribution in [0.5, 0.6) is 5.75 Å². The topological polar surface area (TPSA) is 75.6 Å². The van der Waals surface area contributed by atoms with Crippen molar-refractivity contribution in [2.24, 2.45) is 0 Å². The highest BCUT2D eigenvalue weighted by molar-refractivity contribution is 6.33. The van der Waals surface area contributed by atoms with Crippen LogP contribution in [0.2, 0.25) is 5.02 Å². The van der Waals surface area contributed by atoms with Gasteiger partial charge in [-0.25, -0.2) is 4.79 Å². The average Bonchev–Trinajstić information content (AvgIpc) is 2.54. The normalized spacial score (nSPS) is 10.5. The summed E-state index contributed by atoms with van der Waals surface area (Å²) in [5, 5.41) is 11.7. The second kappa shape index (κ2) is 8.00. The van der Waals surface area contributed by atoms with Gasteiger partial charge in [-0.05, 0) is 35.9 Å². The van der Waals surface area contributed by atoms with Crippen LogP contribution in [0, 0.1) is 0 Å². The molecule has 5 nitrogen and oxygen atoms in total. The Kier molecular flexibility index (Phi) is 5.77. The number of anilines is 1. The summed E-state index contributed by atoms with van der Waals surface area (Å²) in [6.07, 6.45) is 2.52. The second-order valence-electron chi connectivity index (χ2n) is 4.56. The van der Waals surface area contributed by atoms with E-state index in [0.29, 0.717) is 16.5 Å². The van der Waals surface area contributed by atoms with Crippen LogP contribution in [0.4, 0.5) is 5.69 Å². The molecule has 0 unspecified atom stereocenters. The van der Waals surface area contributed by atoms with Crippen LogP contribution in [-0.2, 0) is 9.59 Å². The molecule has 0 saturated carbocycles. The van der Waals surface area contributed by atoms with Crippen molar-refractivity contribution in [3.8, 4) is 5.75 Å². The number of carboxylic acids is 1. The Bertz CT molecular complexity index is 726. The van der Waals surface area contributed by atoms with Gasteiger partial charge in [0.2, 0.25) is 0 Å². The highest BCUT2D eigenvalue weighted by Crippen LogP contribution is 2.20. The van der Waals surface area contributed by atoms with E-state index in [0.717, 1.165) is 11.6 Å². The molecule has 118 valence electrons. The molecule has 0 aliphatic carbocycles. The molecule has 0 bridgehead atoms. The van der Waals surface area contributed by atoms with Crippen LogP contribution >= 0.6 is 11.6 Å². The molecule has 2 N–H and O–H groups in total. The van der Waals surface area contributed by atoms with E-state index in [4.69, 9.17) is 21.4 Å². The zero-order chi connectivity index (χ0) is 16.7. The van der Waals surface area contributed by atoms with Crippen molar-refractivity contribution in [2.75, 3.05) is 11.9 Å².